The molecule has 1 aromatic rings. The maximum atomic E-state index is 12.8. The van der Waals surface area contributed by atoms with Crippen LogP contribution in [0.3, 0.4) is 0 Å². The van der Waals surface area contributed by atoms with Gasteiger partial charge in [0.25, 0.3) is 0 Å². The maximum Gasteiger partial charge on any atom is 0.182 e. The molecule has 82 valence electrons. The van der Waals surface area contributed by atoms with Crippen LogP contribution in [0.1, 0.15) is 15.9 Å². The zero-order valence-electron chi connectivity index (χ0n) is 8.79. The third-order valence-corrected chi connectivity index (χ3v) is 2.14. The van der Waals surface area contributed by atoms with Crippen molar-refractivity contribution in [3.63, 3.8) is 0 Å². The summed E-state index contributed by atoms with van der Waals surface area (Å²) < 4.78 is 17.6. The lowest BCUT2D eigenvalue weighted by atomic mass is 10.0. The quantitative estimate of drug-likeness (QED) is 0.763. The molecule has 0 bridgehead atoms. The number of Topliss-reactive ketones (excluding diaryl/α,β-unsaturated/α-hetero) is 1. The summed E-state index contributed by atoms with van der Waals surface area (Å²) in [5.74, 6) is -0.585. The van der Waals surface area contributed by atoms with Crippen LogP contribution >= 0.6 is 0 Å². The molecule has 0 amide bonds. The van der Waals surface area contributed by atoms with Gasteiger partial charge in [-0.15, -0.1) is 0 Å². The van der Waals surface area contributed by atoms with Gasteiger partial charge in [0.2, 0.25) is 0 Å². The van der Waals surface area contributed by atoms with E-state index in [0.29, 0.717) is 11.1 Å². The fourth-order valence-electron chi connectivity index (χ4n) is 1.36. The smallest absolute Gasteiger partial charge is 0.182 e. The van der Waals surface area contributed by atoms with Gasteiger partial charge in [-0.1, -0.05) is 0 Å². The summed E-state index contributed by atoms with van der Waals surface area (Å²) >= 11 is 0. The number of benzene rings is 1. The average molecular weight is 211 g/mol. The molecule has 0 aliphatic rings. The van der Waals surface area contributed by atoms with Crippen molar-refractivity contribution >= 4 is 5.78 Å². The van der Waals surface area contributed by atoms with Crippen LogP contribution in [-0.4, -0.2) is 25.5 Å². The molecule has 15 heavy (non-hydrogen) atoms. The number of aryl methyl sites for hydroxylation is 1. The van der Waals surface area contributed by atoms with Gasteiger partial charge in [-0.2, -0.15) is 0 Å². The van der Waals surface area contributed by atoms with E-state index >= 15 is 0 Å². The van der Waals surface area contributed by atoms with Crippen molar-refractivity contribution in [2.75, 3.05) is 13.7 Å². The van der Waals surface area contributed by atoms with E-state index in [1.165, 1.54) is 25.3 Å². The molecule has 0 fully saturated rings. The molecule has 1 aromatic carbocycles. The number of halogens is 1. The number of methoxy groups -OCH3 is 1. The summed E-state index contributed by atoms with van der Waals surface area (Å²) in [5.41, 5.74) is 6.63. The van der Waals surface area contributed by atoms with Gasteiger partial charge in [0.05, 0.1) is 12.6 Å². The van der Waals surface area contributed by atoms with E-state index in [2.05, 4.69) is 0 Å². The molecule has 0 aromatic heterocycles. The number of carbonyl (C=O) groups is 1. The van der Waals surface area contributed by atoms with Crippen LogP contribution in [0, 0.1) is 12.7 Å². The van der Waals surface area contributed by atoms with Gasteiger partial charge in [0.1, 0.15) is 5.82 Å². The van der Waals surface area contributed by atoms with Crippen LogP contribution in [0.15, 0.2) is 18.2 Å². The second kappa shape index (κ2) is 5.00. The summed E-state index contributed by atoms with van der Waals surface area (Å²) in [6, 6.07) is 3.31. The molecule has 0 heterocycles. The molecule has 2 N–H and O–H groups in total. The zero-order chi connectivity index (χ0) is 11.4. The molecular formula is C11H14FNO2. The Hall–Kier alpha value is -1.26. The van der Waals surface area contributed by atoms with Gasteiger partial charge in [-0.05, 0) is 30.7 Å². The van der Waals surface area contributed by atoms with Crippen molar-refractivity contribution in [3.05, 3.63) is 35.1 Å². The number of hydrogen-bond acceptors (Lipinski definition) is 3. The Labute approximate surface area is 88.0 Å². The molecule has 0 aliphatic heterocycles. The molecule has 1 atom stereocenters. The summed E-state index contributed by atoms with van der Waals surface area (Å²) in [5, 5.41) is 0. The SMILES string of the molecule is COCC(N)C(=O)c1ccc(F)cc1C. The number of carbonyl (C=O) groups excluding carboxylic acids is 1. The first kappa shape index (κ1) is 11.8. The van der Waals surface area contributed by atoms with Crippen LogP contribution < -0.4 is 5.73 Å². The van der Waals surface area contributed by atoms with E-state index in [0.717, 1.165) is 0 Å². The lowest BCUT2D eigenvalue weighted by Crippen LogP contribution is -2.35. The Balaban J connectivity index is 2.91. The third-order valence-electron chi connectivity index (χ3n) is 2.14. The van der Waals surface area contributed by atoms with Crippen molar-refractivity contribution in [3.8, 4) is 0 Å². The lowest BCUT2D eigenvalue weighted by Gasteiger charge is -2.11. The van der Waals surface area contributed by atoms with Crippen LogP contribution in [0.25, 0.3) is 0 Å². The van der Waals surface area contributed by atoms with E-state index in [9.17, 15) is 9.18 Å². The average Bonchev–Trinajstić information content (AvgIpc) is 2.17. The molecule has 1 rings (SSSR count). The van der Waals surface area contributed by atoms with Gasteiger partial charge in [0, 0.05) is 12.7 Å². The standard InChI is InChI=1S/C11H14FNO2/c1-7-5-8(12)3-4-9(7)11(14)10(13)6-15-2/h3-5,10H,6,13H2,1-2H3. The number of rotatable bonds is 4. The number of ether oxygens (including phenoxy) is 1. The Morgan fingerprint density at radius 3 is 2.80 bits per heavy atom. The van der Waals surface area contributed by atoms with Crippen molar-refractivity contribution in [2.45, 2.75) is 13.0 Å². The molecule has 0 spiro atoms. The largest absolute Gasteiger partial charge is 0.383 e. The van der Waals surface area contributed by atoms with Crippen molar-refractivity contribution in [1.29, 1.82) is 0 Å². The van der Waals surface area contributed by atoms with Gasteiger partial charge < -0.3 is 10.5 Å². The minimum absolute atomic E-state index is 0.162. The highest BCUT2D eigenvalue weighted by atomic mass is 19.1. The van der Waals surface area contributed by atoms with Gasteiger partial charge in [-0.25, -0.2) is 4.39 Å². The van der Waals surface area contributed by atoms with E-state index in [-0.39, 0.29) is 18.2 Å². The highest BCUT2D eigenvalue weighted by Gasteiger charge is 2.17. The van der Waals surface area contributed by atoms with Crippen molar-refractivity contribution in [2.24, 2.45) is 5.73 Å². The van der Waals surface area contributed by atoms with Crippen molar-refractivity contribution < 1.29 is 13.9 Å². The number of hydrogen-bond donors (Lipinski definition) is 1. The van der Waals surface area contributed by atoms with Gasteiger partial charge in [0.15, 0.2) is 5.78 Å². The fourth-order valence-corrected chi connectivity index (χ4v) is 1.36. The zero-order valence-corrected chi connectivity index (χ0v) is 8.79. The molecule has 0 radical (unpaired) electrons. The third kappa shape index (κ3) is 2.84. The Morgan fingerprint density at radius 1 is 1.60 bits per heavy atom. The van der Waals surface area contributed by atoms with E-state index in [1.54, 1.807) is 6.92 Å². The van der Waals surface area contributed by atoms with Crippen LogP contribution in [0.5, 0.6) is 0 Å². The monoisotopic (exact) mass is 211 g/mol. The minimum atomic E-state index is -0.695. The maximum absolute atomic E-state index is 12.8. The summed E-state index contributed by atoms with van der Waals surface area (Å²) in [6.45, 7) is 1.84. The predicted octanol–water partition coefficient (Wildman–Crippen LogP) is 1.29. The summed E-state index contributed by atoms with van der Waals surface area (Å²) in [4.78, 5) is 11.7. The van der Waals surface area contributed by atoms with Crippen LogP contribution in [-0.2, 0) is 4.74 Å². The highest BCUT2D eigenvalue weighted by Crippen LogP contribution is 2.12. The summed E-state index contributed by atoms with van der Waals surface area (Å²) in [6.07, 6.45) is 0. The molecule has 0 aliphatic carbocycles. The van der Waals surface area contributed by atoms with Gasteiger partial charge in [-0.3, -0.25) is 4.79 Å². The van der Waals surface area contributed by atoms with Crippen LogP contribution in [0.2, 0.25) is 0 Å². The first-order valence-electron chi connectivity index (χ1n) is 4.61. The predicted molar refractivity (Wildman–Crippen MR) is 55.3 cm³/mol. The first-order chi connectivity index (χ1) is 7.06. The molecule has 4 heteroatoms. The summed E-state index contributed by atoms with van der Waals surface area (Å²) in [7, 11) is 1.48. The van der Waals surface area contributed by atoms with Gasteiger partial charge >= 0.3 is 0 Å². The second-order valence-corrected chi connectivity index (χ2v) is 3.39. The topological polar surface area (TPSA) is 52.3 Å². The first-order valence-corrected chi connectivity index (χ1v) is 4.61. The second-order valence-electron chi connectivity index (χ2n) is 3.39. The molecule has 3 nitrogen and oxygen atoms in total. The van der Waals surface area contributed by atoms with E-state index in [4.69, 9.17) is 10.5 Å². The molecule has 0 saturated carbocycles. The minimum Gasteiger partial charge on any atom is -0.383 e. The lowest BCUT2D eigenvalue weighted by molar-refractivity contribution is 0.0891. The molecule has 1 unspecified atom stereocenters. The van der Waals surface area contributed by atoms with Crippen molar-refractivity contribution in [1.82, 2.24) is 0 Å². The normalized spacial score (nSPS) is 12.5. The highest BCUT2D eigenvalue weighted by molar-refractivity contribution is 6.01. The fraction of sp³-hybridized carbons (Fsp3) is 0.364. The Bertz CT molecular complexity index is 366. The Morgan fingerprint density at radius 2 is 2.27 bits per heavy atom. The molecule has 0 saturated heterocycles. The number of nitrogens with two attached hydrogens (primary N) is 1. The Kier molecular flexibility index (Phi) is 3.94. The van der Waals surface area contributed by atoms with Crippen LogP contribution in [0.4, 0.5) is 4.39 Å². The van der Waals surface area contributed by atoms with E-state index in [1.807, 2.05) is 0 Å². The van der Waals surface area contributed by atoms with E-state index < -0.39 is 6.04 Å². The molecular weight excluding hydrogens is 197 g/mol. The number of ketones is 1.